The summed E-state index contributed by atoms with van der Waals surface area (Å²) in [6.07, 6.45) is 1.78. The lowest BCUT2D eigenvalue weighted by Gasteiger charge is -2.02. The number of nitrogens with one attached hydrogen (secondary N) is 2. The molecule has 0 fully saturated rings. The molecule has 0 aliphatic heterocycles. The molecule has 2 aromatic heterocycles. The van der Waals surface area contributed by atoms with E-state index in [2.05, 4.69) is 15.1 Å². The maximum absolute atomic E-state index is 12.1. The molecule has 0 bridgehead atoms. The normalized spacial score (nSPS) is 11.9. The molecule has 20 heavy (non-hydrogen) atoms. The first-order valence-electron chi connectivity index (χ1n) is 6.27. The maximum atomic E-state index is 12.1. The lowest BCUT2D eigenvalue weighted by molar-refractivity contribution is 0.579. The first-order valence-corrected chi connectivity index (χ1v) is 8.64. The first-order chi connectivity index (χ1) is 9.51. The average molecular weight is 314 g/mol. The molecule has 0 atom stereocenters. The van der Waals surface area contributed by atoms with Crippen molar-refractivity contribution in [3.8, 4) is 0 Å². The number of hydrogen-bond donors (Lipinski definition) is 2. The second kappa shape index (κ2) is 6.49. The van der Waals surface area contributed by atoms with Gasteiger partial charge in [-0.3, -0.25) is 4.68 Å². The topological polar surface area (TPSA) is 76.0 Å². The number of aromatic nitrogens is 2. The molecule has 0 aliphatic rings. The van der Waals surface area contributed by atoms with Gasteiger partial charge in [-0.1, -0.05) is 6.92 Å². The SMILES string of the molecule is CCNCc1cc(S(=O)(=O)NCc2ccn(C)n2)cs1. The van der Waals surface area contributed by atoms with Crippen LogP contribution in [0.3, 0.4) is 0 Å². The molecule has 2 rings (SSSR count). The number of nitrogens with zero attached hydrogens (tertiary/aromatic N) is 2. The van der Waals surface area contributed by atoms with Gasteiger partial charge in [0, 0.05) is 30.0 Å². The second-order valence-electron chi connectivity index (χ2n) is 4.33. The van der Waals surface area contributed by atoms with Crippen LogP contribution in [0.15, 0.2) is 28.6 Å². The quantitative estimate of drug-likeness (QED) is 0.801. The molecule has 0 saturated carbocycles. The fourth-order valence-electron chi connectivity index (χ4n) is 1.65. The number of aryl methyl sites for hydroxylation is 1. The highest BCUT2D eigenvalue weighted by Gasteiger charge is 2.16. The summed E-state index contributed by atoms with van der Waals surface area (Å²) >= 11 is 1.44. The van der Waals surface area contributed by atoms with Crippen molar-refractivity contribution in [2.45, 2.75) is 24.9 Å². The monoisotopic (exact) mass is 314 g/mol. The second-order valence-corrected chi connectivity index (χ2v) is 7.10. The summed E-state index contributed by atoms with van der Waals surface area (Å²) in [4.78, 5) is 1.32. The summed E-state index contributed by atoms with van der Waals surface area (Å²) in [6.45, 7) is 3.76. The van der Waals surface area contributed by atoms with Gasteiger partial charge in [-0.05, 0) is 18.7 Å². The van der Waals surface area contributed by atoms with Gasteiger partial charge in [0.05, 0.1) is 17.1 Å². The van der Waals surface area contributed by atoms with Gasteiger partial charge in [-0.15, -0.1) is 11.3 Å². The van der Waals surface area contributed by atoms with E-state index in [0.29, 0.717) is 17.1 Å². The summed E-state index contributed by atoms with van der Waals surface area (Å²) < 4.78 is 28.5. The van der Waals surface area contributed by atoms with E-state index in [-0.39, 0.29) is 6.54 Å². The molecule has 2 heterocycles. The minimum atomic E-state index is -3.47. The molecular formula is C12H18N4O2S2. The van der Waals surface area contributed by atoms with Crippen molar-refractivity contribution in [1.29, 1.82) is 0 Å². The van der Waals surface area contributed by atoms with Crippen LogP contribution >= 0.6 is 11.3 Å². The summed E-state index contributed by atoms with van der Waals surface area (Å²) in [5.74, 6) is 0. The van der Waals surface area contributed by atoms with E-state index >= 15 is 0 Å². The van der Waals surface area contributed by atoms with Gasteiger partial charge < -0.3 is 5.32 Å². The van der Waals surface area contributed by atoms with Crippen molar-refractivity contribution in [3.05, 3.63) is 34.3 Å². The van der Waals surface area contributed by atoms with Crippen LogP contribution < -0.4 is 10.0 Å². The minimum Gasteiger partial charge on any atom is -0.312 e. The van der Waals surface area contributed by atoms with Gasteiger partial charge in [0.1, 0.15) is 0 Å². The van der Waals surface area contributed by atoms with Gasteiger partial charge in [-0.2, -0.15) is 5.10 Å². The lowest BCUT2D eigenvalue weighted by Crippen LogP contribution is -2.23. The molecule has 2 N–H and O–H groups in total. The molecule has 0 spiro atoms. The van der Waals surface area contributed by atoms with Gasteiger partial charge in [0.15, 0.2) is 0 Å². The summed E-state index contributed by atoms with van der Waals surface area (Å²) in [7, 11) is -1.67. The third-order valence-electron chi connectivity index (χ3n) is 2.70. The fourth-order valence-corrected chi connectivity index (χ4v) is 3.90. The highest BCUT2D eigenvalue weighted by atomic mass is 32.2. The van der Waals surface area contributed by atoms with E-state index in [1.165, 1.54) is 11.3 Å². The van der Waals surface area contributed by atoms with Gasteiger partial charge in [0.2, 0.25) is 10.0 Å². The Kier molecular flexibility index (Phi) is 4.92. The molecule has 0 amide bonds. The molecule has 0 radical (unpaired) electrons. The van der Waals surface area contributed by atoms with Crippen LogP contribution in [-0.4, -0.2) is 24.7 Å². The van der Waals surface area contributed by atoms with Crippen molar-refractivity contribution < 1.29 is 8.42 Å². The third-order valence-corrected chi connectivity index (χ3v) is 5.17. The van der Waals surface area contributed by atoms with Crippen LogP contribution in [0.25, 0.3) is 0 Å². The summed E-state index contributed by atoms with van der Waals surface area (Å²) in [5.41, 5.74) is 0.694. The Labute approximate surface area is 122 Å². The highest BCUT2D eigenvalue weighted by Crippen LogP contribution is 2.19. The highest BCUT2D eigenvalue weighted by molar-refractivity contribution is 7.89. The van der Waals surface area contributed by atoms with Crippen LogP contribution in [0.5, 0.6) is 0 Å². The smallest absolute Gasteiger partial charge is 0.241 e. The first kappa shape index (κ1) is 15.2. The number of sulfonamides is 1. The van der Waals surface area contributed by atoms with E-state index in [9.17, 15) is 8.42 Å². The number of hydrogen-bond acceptors (Lipinski definition) is 5. The largest absolute Gasteiger partial charge is 0.312 e. The molecule has 6 nitrogen and oxygen atoms in total. The zero-order valence-corrected chi connectivity index (χ0v) is 13.1. The summed E-state index contributed by atoms with van der Waals surface area (Å²) in [6, 6.07) is 3.49. The molecule has 110 valence electrons. The van der Waals surface area contributed by atoms with Crippen LogP contribution in [0, 0.1) is 0 Å². The Balaban J connectivity index is 2.00. The van der Waals surface area contributed by atoms with E-state index < -0.39 is 10.0 Å². The van der Waals surface area contributed by atoms with Crippen molar-refractivity contribution in [2.75, 3.05) is 6.54 Å². The minimum absolute atomic E-state index is 0.196. The molecule has 2 aromatic rings. The Morgan fingerprint density at radius 3 is 2.85 bits per heavy atom. The van der Waals surface area contributed by atoms with Gasteiger partial charge in [-0.25, -0.2) is 13.1 Å². The van der Waals surface area contributed by atoms with Crippen molar-refractivity contribution in [2.24, 2.45) is 7.05 Å². The Morgan fingerprint density at radius 1 is 1.40 bits per heavy atom. The predicted molar refractivity (Wildman–Crippen MR) is 78.9 cm³/mol. The average Bonchev–Trinajstić information content (AvgIpc) is 3.03. The Bertz CT molecular complexity index is 661. The lowest BCUT2D eigenvalue weighted by atomic mass is 10.4. The zero-order chi connectivity index (χ0) is 14.6. The van der Waals surface area contributed by atoms with Gasteiger partial charge in [0.25, 0.3) is 0 Å². The zero-order valence-electron chi connectivity index (χ0n) is 11.5. The van der Waals surface area contributed by atoms with Crippen molar-refractivity contribution >= 4 is 21.4 Å². The van der Waals surface area contributed by atoms with E-state index in [1.807, 2.05) is 6.92 Å². The fraction of sp³-hybridized carbons (Fsp3) is 0.417. The maximum Gasteiger partial charge on any atom is 0.241 e. The predicted octanol–water partition coefficient (Wildman–Crippen LogP) is 1.07. The molecule has 0 unspecified atom stereocenters. The van der Waals surface area contributed by atoms with Crippen molar-refractivity contribution in [3.63, 3.8) is 0 Å². The van der Waals surface area contributed by atoms with E-state index in [0.717, 1.165) is 11.4 Å². The Morgan fingerprint density at radius 2 is 2.20 bits per heavy atom. The van der Waals surface area contributed by atoms with Crippen molar-refractivity contribution in [1.82, 2.24) is 19.8 Å². The number of thiophene rings is 1. The Hall–Kier alpha value is -1.22. The van der Waals surface area contributed by atoms with Gasteiger partial charge >= 0.3 is 0 Å². The molecule has 8 heteroatoms. The molecule has 0 aromatic carbocycles. The summed E-state index contributed by atoms with van der Waals surface area (Å²) in [5, 5.41) is 8.97. The van der Waals surface area contributed by atoms with Crippen LogP contribution in [0.2, 0.25) is 0 Å². The van der Waals surface area contributed by atoms with E-state index in [1.54, 1.807) is 35.4 Å². The van der Waals surface area contributed by atoms with E-state index in [4.69, 9.17) is 0 Å². The van der Waals surface area contributed by atoms with Crippen LogP contribution in [-0.2, 0) is 30.2 Å². The number of rotatable bonds is 7. The molecule has 0 aliphatic carbocycles. The third kappa shape index (κ3) is 3.89. The molecule has 0 saturated heterocycles. The standard InChI is InChI=1S/C12H18N4O2S2/c1-3-13-8-11-6-12(9-19-11)20(17,18)14-7-10-4-5-16(2)15-10/h4-6,9,13-14H,3,7-8H2,1-2H3. The molecular weight excluding hydrogens is 296 g/mol. The van der Waals surface area contributed by atoms with Crippen LogP contribution in [0.4, 0.5) is 0 Å². The van der Waals surface area contributed by atoms with Crippen LogP contribution in [0.1, 0.15) is 17.5 Å².